The van der Waals surface area contributed by atoms with Crippen LogP contribution in [0.15, 0.2) is 23.2 Å². The van der Waals surface area contributed by atoms with Gasteiger partial charge in [0, 0.05) is 6.20 Å². The first-order chi connectivity index (χ1) is 9.17. The number of hydrogen-bond acceptors (Lipinski definition) is 5. The number of halogens is 1. The minimum atomic E-state index is -4.48. The molecule has 1 aromatic rings. The molecule has 1 unspecified atom stereocenters. The van der Waals surface area contributed by atoms with Gasteiger partial charge in [-0.2, -0.15) is 8.42 Å². The van der Waals surface area contributed by atoms with E-state index in [1.165, 1.54) is 12.3 Å². The number of pyridine rings is 1. The van der Waals surface area contributed by atoms with Crippen molar-refractivity contribution in [2.45, 2.75) is 37.5 Å². The summed E-state index contributed by atoms with van der Waals surface area (Å²) in [5, 5.41) is 0. The zero-order chi connectivity index (χ0) is 15.4. The van der Waals surface area contributed by atoms with Crippen LogP contribution in [0.2, 0.25) is 0 Å². The van der Waals surface area contributed by atoms with E-state index in [2.05, 4.69) is 4.98 Å². The third-order valence-electron chi connectivity index (χ3n) is 3.01. The molecule has 0 fully saturated rings. The fraction of sp³-hybridized carbons (Fsp3) is 0.583. The lowest BCUT2D eigenvalue weighted by atomic mass is 10.0. The van der Waals surface area contributed by atoms with Crippen molar-refractivity contribution < 1.29 is 20.7 Å². The van der Waals surface area contributed by atoms with Gasteiger partial charge >= 0.3 is 10.2 Å². The van der Waals surface area contributed by atoms with Gasteiger partial charge in [0.2, 0.25) is 0 Å². The molecule has 0 aliphatic heterocycles. The van der Waals surface area contributed by atoms with Crippen LogP contribution in [0.25, 0.3) is 0 Å². The van der Waals surface area contributed by atoms with Crippen molar-refractivity contribution in [2.24, 2.45) is 0 Å². The van der Waals surface area contributed by atoms with Crippen LogP contribution in [-0.4, -0.2) is 33.3 Å². The van der Waals surface area contributed by atoms with E-state index in [4.69, 9.17) is 0 Å². The predicted molar refractivity (Wildman–Crippen MR) is 74.5 cm³/mol. The number of hydrogen-bond donors (Lipinski definition) is 0. The van der Waals surface area contributed by atoms with Crippen LogP contribution in [0.1, 0.15) is 38.3 Å². The molecule has 0 aliphatic rings. The summed E-state index contributed by atoms with van der Waals surface area (Å²) in [6, 6.07) is 3.04. The van der Waals surface area contributed by atoms with E-state index in [0.717, 1.165) is 0 Å². The average molecular weight is 323 g/mol. The predicted octanol–water partition coefficient (Wildman–Crippen LogP) is 2.06. The van der Waals surface area contributed by atoms with Crippen molar-refractivity contribution in [1.29, 1.82) is 0 Å². The smallest absolute Gasteiger partial charge is 0.260 e. The maximum Gasteiger partial charge on any atom is 0.302 e. The molecular formula is C12H18FNO4S2. The van der Waals surface area contributed by atoms with Gasteiger partial charge in [0.05, 0.1) is 22.1 Å². The number of rotatable bonds is 7. The molecule has 1 heterocycles. The highest BCUT2D eigenvalue weighted by Gasteiger charge is 2.21. The topological polar surface area (TPSA) is 81.2 Å². The van der Waals surface area contributed by atoms with Crippen LogP contribution < -0.4 is 0 Å². The summed E-state index contributed by atoms with van der Waals surface area (Å²) in [4.78, 5) is 4.25. The van der Waals surface area contributed by atoms with E-state index < -0.39 is 25.8 Å². The second kappa shape index (κ2) is 6.62. The molecule has 0 spiro atoms. The largest absolute Gasteiger partial charge is 0.302 e. The molecule has 1 aromatic heterocycles. The van der Waals surface area contributed by atoms with Gasteiger partial charge in [-0.15, -0.1) is 3.89 Å². The van der Waals surface area contributed by atoms with Crippen LogP contribution in [0.5, 0.6) is 0 Å². The first-order valence-electron chi connectivity index (χ1n) is 6.27. The molecule has 1 rings (SSSR count). The van der Waals surface area contributed by atoms with Gasteiger partial charge in [-0.25, -0.2) is 8.42 Å². The van der Waals surface area contributed by atoms with E-state index >= 15 is 0 Å². The first kappa shape index (κ1) is 17.0. The highest BCUT2D eigenvalue weighted by molar-refractivity contribution is 7.91. The Morgan fingerprint density at radius 3 is 2.50 bits per heavy atom. The molecule has 20 heavy (non-hydrogen) atoms. The summed E-state index contributed by atoms with van der Waals surface area (Å²) in [7, 11) is -7.87. The summed E-state index contributed by atoms with van der Waals surface area (Å²) in [6.07, 6.45) is 1.97. The molecule has 0 amide bonds. The Hall–Kier alpha value is -1.02. The molecule has 8 heteroatoms. The second-order valence-corrected chi connectivity index (χ2v) is 8.31. The lowest BCUT2D eigenvalue weighted by molar-refractivity contribution is 0.541. The van der Waals surface area contributed by atoms with Gasteiger partial charge in [0.15, 0.2) is 9.84 Å². The lowest BCUT2D eigenvalue weighted by Crippen LogP contribution is -2.11. The van der Waals surface area contributed by atoms with E-state index in [0.29, 0.717) is 12.1 Å². The zero-order valence-electron chi connectivity index (χ0n) is 11.4. The molecule has 0 N–H and O–H groups in total. The van der Waals surface area contributed by atoms with E-state index in [1.54, 1.807) is 19.9 Å². The molecule has 0 aromatic carbocycles. The highest BCUT2D eigenvalue weighted by Crippen LogP contribution is 2.26. The Kier molecular flexibility index (Phi) is 5.64. The van der Waals surface area contributed by atoms with Crippen molar-refractivity contribution in [2.75, 3.05) is 11.5 Å². The number of aromatic nitrogens is 1. The Balaban J connectivity index is 2.92. The molecule has 0 radical (unpaired) electrons. The highest BCUT2D eigenvalue weighted by atomic mass is 32.3. The van der Waals surface area contributed by atoms with E-state index in [1.807, 2.05) is 0 Å². The van der Waals surface area contributed by atoms with Gasteiger partial charge in [0.25, 0.3) is 0 Å². The van der Waals surface area contributed by atoms with Gasteiger partial charge in [-0.05, 0) is 30.9 Å². The third kappa shape index (κ3) is 4.82. The van der Waals surface area contributed by atoms with Crippen molar-refractivity contribution in [3.63, 3.8) is 0 Å². The maximum absolute atomic E-state index is 12.4. The maximum atomic E-state index is 12.4. The Labute approximate surface area is 119 Å². The van der Waals surface area contributed by atoms with Crippen molar-refractivity contribution in [3.05, 3.63) is 24.0 Å². The van der Waals surface area contributed by atoms with E-state index in [9.17, 15) is 20.7 Å². The fourth-order valence-electron chi connectivity index (χ4n) is 1.89. The summed E-state index contributed by atoms with van der Waals surface area (Å²) in [5.74, 6) is -0.841. The summed E-state index contributed by atoms with van der Waals surface area (Å²) >= 11 is 0. The minimum absolute atomic E-state index is 0.0305. The van der Waals surface area contributed by atoms with Crippen LogP contribution in [0, 0.1) is 0 Å². The molecular weight excluding hydrogens is 305 g/mol. The molecule has 114 valence electrons. The van der Waals surface area contributed by atoms with Crippen LogP contribution >= 0.6 is 0 Å². The second-order valence-electron chi connectivity index (χ2n) is 4.58. The fourth-order valence-corrected chi connectivity index (χ4v) is 3.57. The molecule has 0 bridgehead atoms. The van der Waals surface area contributed by atoms with E-state index in [-0.39, 0.29) is 23.0 Å². The summed E-state index contributed by atoms with van der Waals surface area (Å²) in [6.45, 7) is 3.30. The van der Waals surface area contributed by atoms with Gasteiger partial charge in [-0.1, -0.05) is 13.8 Å². The third-order valence-corrected chi connectivity index (χ3v) is 5.56. The standard InChI is InChI=1S/C12H18FNO4S2/c1-3-19(15,16)11-7-4-8-14-12(11)10(2)6-5-9-20(13,17)18/h4,7-8,10H,3,5-6,9H2,1-2H3. The molecule has 5 nitrogen and oxygen atoms in total. The van der Waals surface area contributed by atoms with Crippen molar-refractivity contribution >= 4 is 20.1 Å². The van der Waals surface area contributed by atoms with Crippen molar-refractivity contribution in [1.82, 2.24) is 4.98 Å². The van der Waals surface area contributed by atoms with Crippen LogP contribution in [0.4, 0.5) is 3.89 Å². The first-order valence-corrected chi connectivity index (χ1v) is 9.48. The van der Waals surface area contributed by atoms with Gasteiger partial charge in [-0.3, -0.25) is 4.98 Å². The average Bonchev–Trinajstić information content (AvgIpc) is 2.37. The van der Waals surface area contributed by atoms with Crippen LogP contribution in [-0.2, 0) is 20.1 Å². The monoisotopic (exact) mass is 323 g/mol. The summed E-state index contributed by atoms with van der Waals surface area (Å²) < 4.78 is 57.2. The lowest BCUT2D eigenvalue weighted by Gasteiger charge is -2.14. The SMILES string of the molecule is CCS(=O)(=O)c1cccnc1C(C)CCCS(=O)(=O)F. The Morgan fingerprint density at radius 2 is 1.95 bits per heavy atom. The van der Waals surface area contributed by atoms with Gasteiger partial charge < -0.3 is 0 Å². The Bertz CT molecular complexity index is 656. The zero-order valence-corrected chi connectivity index (χ0v) is 13.0. The minimum Gasteiger partial charge on any atom is -0.260 e. The molecule has 0 aliphatic carbocycles. The number of sulfone groups is 1. The number of nitrogens with zero attached hydrogens (tertiary/aromatic N) is 1. The quantitative estimate of drug-likeness (QED) is 0.717. The molecule has 1 atom stereocenters. The van der Waals surface area contributed by atoms with Crippen molar-refractivity contribution in [3.8, 4) is 0 Å². The summed E-state index contributed by atoms with van der Waals surface area (Å²) in [5.41, 5.74) is 0.408. The van der Waals surface area contributed by atoms with Crippen LogP contribution in [0.3, 0.4) is 0 Å². The normalized spacial score (nSPS) is 14.2. The molecule has 0 saturated heterocycles. The Morgan fingerprint density at radius 1 is 1.30 bits per heavy atom. The molecule has 0 saturated carbocycles. The van der Waals surface area contributed by atoms with Gasteiger partial charge in [0.1, 0.15) is 0 Å².